The van der Waals surface area contributed by atoms with Crippen molar-refractivity contribution in [2.45, 2.75) is 24.3 Å². The van der Waals surface area contributed by atoms with Gasteiger partial charge in [-0.25, -0.2) is 17.6 Å². The Bertz CT molecular complexity index is 1330. The Hall–Kier alpha value is -3.56. The number of nitrogens with one attached hydrogen (secondary N) is 1. The summed E-state index contributed by atoms with van der Waals surface area (Å²) in [4.78, 5) is 24.5. The van der Waals surface area contributed by atoms with Gasteiger partial charge in [0.05, 0.1) is 10.5 Å². The highest BCUT2D eigenvalue weighted by atomic mass is 32.2. The van der Waals surface area contributed by atoms with Gasteiger partial charge in [0.25, 0.3) is 5.91 Å². The quantitative estimate of drug-likeness (QED) is 0.484. The number of sulfonamides is 1. The molecule has 0 aliphatic carbocycles. The van der Waals surface area contributed by atoms with Crippen LogP contribution in [0.15, 0.2) is 77.7 Å². The minimum Gasteiger partial charge on any atom is -0.452 e. The number of hydrogen-bond acceptors (Lipinski definition) is 5. The largest absolute Gasteiger partial charge is 0.452 e. The summed E-state index contributed by atoms with van der Waals surface area (Å²) < 4.78 is 45.8. The number of fused-ring (bicyclic) bond motifs is 1. The molecule has 0 radical (unpaired) electrons. The zero-order valence-electron chi connectivity index (χ0n) is 18.9. The number of halogens is 1. The van der Waals surface area contributed by atoms with Crippen LogP contribution in [0.2, 0.25) is 0 Å². The van der Waals surface area contributed by atoms with E-state index in [1.54, 1.807) is 12.1 Å². The van der Waals surface area contributed by atoms with E-state index in [0.29, 0.717) is 25.9 Å². The average molecular weight is 497 g/mol. The van der Waals surface area contributed by atoms with Crippen LogP contribution in [-0.4, -0.2) is 44.3 Å². The molecule has 0 saturated carbocycles. The third kappa shape index (κ3) is 6.12. The second kappa shape index (κ2) is 10.8. The Morgan fingerprint density at radius 1 is 0.971 bits per heavy atom. The first-order valence-electron chi connectivity index (χ1n) is 11.2. The maximum absolute atomic E-state index is 13.2. The van der Waals surface area contributed by atoms with Crippen molar-refractivity contribution in [1.29, 1.82) is 0 Å². The highest BCUT2D eigenvalue weighted by Gasteiger charge is 2.28. The normalized spacial score (nSPS) is 13.6. The first-order chi connectivity index (χ1) is 16.8. The Morgan fingerprint density at radius 2 is 1.71 bits per heavy atom. The number of esters is 1. The molecule has 3 aromatic carbocycles. The van der Waals surface area contributed by atoms with Crippen LogP contribution in [-0.2, 0) is 38.9 Å². The lowest BCUT2D eigenvalue weighted by atomic mass is 10.0. The van der Waals surface area contributed by atoms with Gasteiger partial charge in [0, 0.05) is 19.6 Å². The third-order valence-electron chi connectivity index (χ3n) is 5.79. The van der Waals surface area contributed by atoms with Crippen molar-refractivity contribution < 1.29 is 27.1 Å². The fourth-order valence-corrected chi connectivity index (χ4v) is 5.34. The topological polar surface area (TPSA) is 92.8 Å². The second-order valence-corrected chi connectivity index (χ2v) is 10.1. The van der Waals surface area contributed by atoms with Crippen molar-refractivity contribution >= 4 is 21.9 Å². The molecular weight excluding hydrogens is 471 g/mol. The standard InChI is InChI=1S/C26H25FN2O5S/c27-23-10-8-19(9-11-23)12-14-28-25(30)18-34-26(31)21-6-3-7-24(16-21)35(32,33)29-15-13-20-4-1-2-5-22(20)17-29/h1-11,16H,12-15,17-18H2,(H,28,30). The number of hydrogen-bond donors (Lipinski definition) is 1. The second-order valence-electron chi connectivity index (χ2n) is 8.19. The SMILES string of the molecule is O=C(COC(=O)c1cccc(S(=O)(=O)N2CCc3ccccc3C2)c1)NCCc1ccc(F)cc1. The summed E-state index contributed by atoms with van der Waals surface area (Å²) in [6.07, 6.45) is 1.12. The molecule has 1 N–H and O–H groups in total. The summed E-state index contributed by atoms with van der Waals surface area (Å²) in [6.45, 7) is 0.425. The van der Waals surface area contributed by atoms with Gasteiger partial charge in [-0.3, -0.25) is 4.79 Å². The van der Waals surface area contributed by atoms with E-state index in [1.165, 1.54) is 40.7 Å². The summed E-state index contributed by atoms with van der Waals surface area (Å²) in [5.74, 6) is -1.61. The Balaban J connectivity index is 1.32. The van der Waals surface area contributed by atoms with Crippen LogP contribution < -0.4 is 5.32 Å². The molecule has 35 heavy (non-hydrogen) atoms. The molecule has 0 atom stereocenters. The van der Waals surface area contributed by atoms with Gasteiger partial charge in [0.2, 0.25) is 10.0 Å². The van der Waals surface area contributed by atoms with Crippen LogP contribution in [0.3, 0.4) is 0 Å². The summed E-state index contributed by atoms with van der Waals surface area (Å²) >= 11 is 0. The molecule has 182 valence electrons. The Morgan fingerprint density at radius 3 is 2.49 bits per heavy atom. The lowest BCUT2D eigenvalue weighted by Crippen LogP contribution is -2.36. The number of benzene rings is 3. The number of carbonyl (C=O) groups is 2. The molecule has 4 rings (SSSR count). The highest BCUT2D eigenvalue weighted by molar-refractivity contribution is 7.89. The predicted molar refractivity (Wildman–Crippen MR) is 128 cm³/mol. The zero-order valence-corrected chi connectivity index (χ0v) is 19.8. The number of rotatable bonds is 8. The summed E-state index contributed by atoms with van der Waals surface area (Å²) in [7, 11) is -3.81. The van der Waals surface area contributed by atoms with Crippen LogP contribution in [0.4, 0.5) is 4.39 Å². The lowest BCUT2D eigenvalue weighted by Gasteiger charge is -2.28. The fraction of sp³-hybridized carbons (Fsp3) is 0.231. The van der Waals surface area contributed by atoms with Gasteiger partial charge in [-0.2, -0.15) is 4.31 Å². The maximum Gasteiger partial charge on any atom is 0.338 e. The van der Waals surface area contributed by atoms with Crippen molar-refractivity contribution in [1.82, 2.24) is 9.62 Å². The summed E-state index contributed by atoms with van der Waals surface area (Å²) in [5, 5.41) is 2.63. The van der Waals surface area contributed by atoms with E-state index >= 15 is 0 Å². The molecule has 0 unspecified atom stereocenters. The van der Waals surface area contributed by atoms with E-state index in [9.17, 15) is 22.4 Å². The number of carbonyl (C=O) groups excluding carboxylic acids is 2. The third-order valence-corrected chi connectivity index (χ3v) is 7.63. The van der Waals surface area contributed by atoms with Crippen LogP contribution in [0.1, 0.15) is 27.0 Å². The molecule has 0 bridgehead atoms. The Labute approximate surface area is 203 Å². The molecule has 9 heteroatoms. The number of amides is 1. The van der Waals surface area contributed by atoms with Crippen molar-refractivity contribution in [3.8, 4) is 0 Å². The molecule has 1 aliphatic rings. The van der Waals surface area contributed by atoms with Crippen molar-refractivity contribution in [2.75, 3.05) is 19.7 Å². The van der Waals surface area contributed by atoms with E-state index in [0.717, 1.165) is 16.7 Å². The van der Waals surface area contributed by atoms with E-state index in [2.05, 4.69) is 5.32 Å². The van der Waals surface area contributed by atoms with Crippen LogP contribution in [0.5, 0.6) is 0 Å². The number of ether oxygens (including phenoxy) is 1. The van der Waals surface area contributed by atoms with E-state index < -0.39 is 28.5 Å². The van der Waals surface area contributed by atoms with Gasteiger partial charge in [-0.1, -0.05) is 42.5 Å². The average Bonchev–Trinajstić information content (AvgIpc) is 2.88. The molecule has 0 aromatic heterocycles. The van der Waals surface area contributed by atoms with Gasteiger partial charge in [0.1, 0.15) is 5.82 Å². The van der Waals surface area contributed by atoms with Gasteiger partial charge < -0.3 is 10.1 Å². The minimum absolute atomic E-state index is 0.00456. The fourth-order valence-electron chi connectivity index (χ4n) is 3.87. The van der Waals surface area contributed by atoms with Gasteiger partial charge in [-0.05, 0) is 59.9 Å². The lowest BCUT2D eigenvalue weighted by molar-refractivity contribution is -0.124. The van der Waals surface area contributed by atoms with E-state index in [1.807, 2.05) is 24.3 Å². The first kappa shape index (κ1) is 24.6. The Kier molecular flexibility index (Phi) is 7.57. The zero-order chi connectivity index (χ0) is 24.8. The van der Waals surface area contributed by atoms with E-state index in [-0.39, 0.29) is 22.8 Å². The van der Waals surface area contributed by atoms with Gasteiger partial charge >= 0.3 is 5.97 Å². The van der Waals surface area contributed by atoms with E-state index in [4.69, 9.17) is 4.74 Å². The van der Waals surface area contributed by atoms with Crippen LogP contribution in [0.25, 0.3) is 0 Å². The van der Waals surface area contributed by atoms with Crippen LogP contribution >= 0.6 is 0 Å². The molecule has 3 aromatic rings. The smallest absolute Gasteiger partial charge is 0.338 e. The predicted octanol–water partition coefficient (Wildman–Crippen LogP) is 3.09. The molecular formula is C26H25FN2O5S. The molecule has 0 fully saturated rings. The molecule has 7 nitrogen and oxygen atoms in total. The van der Waals surface area contributed by atoms with Crippen LogP contribution in [0, 0.1) is 5.82 Å². The first-order valence-corrected chi connectivity index (χ1v) is 12.6. The minimum atomic E-state index is -3.81. The monoisotopic (exact) mass is 496 g/mol. The molecule has 1 heterocycles. The summed E-state index contributed by atoms with van der Waals surface area (Å²) in [5.41, 5.74) is 3.00. The van der Waals surface area contributed by atoms with Crippen molar-refractivity contribution in [3.63, 3.8) is 0 Å². The van der Waals surface area contributed by atoms with Crippen molar-refractivity contribution in [3.05, 3.63) is 101 Å². The highest BCUT2D eigenvalue weighted by Crippen LogP contribution is 2.25. The van der Waals surface area contributed by atoms with Crippen molar-refractivity contribution in [2.24, 2.45) is 0 Å². The molecule has 1 aliphatic heterocycles. The van der Waals surface area contributed by atoms with Gasteiger partial charge in [0.15, 0.2) is 6.61 Å². The summed E-state index contributed by atoms with van der Waals surface area (Å²) in [6, 6.07) is 19.3. The van der Waals surface area contributed by atoms with Gasteiger partial charge in [-0.15, -0.1) is 0 Å². The molecule has 1 amide bonds. The molecule has 0 saturated heterocycles. The number of nitrogens with zero attached hydrogens (tertiary/aromatic N) is 1. The molecule has 0 spiro atoms. The maximum atomic E-state index is 13.2.